The van der Waals surface area contributed by atoms with Crippen molar-refractivity contribution in [3.8, 4) is 0 Å². The fourth-order valence-electron chi connectivity index (χ4n) is 2.33. The van der Waals surface area contributed by atoms with Gasteiger partial charge in [-0.25, -0.2) is 0 Å². The summed E-state index contributed by atoms with van der Waals surface area (Å²) in [5, 5.41) is 9.99. The Labute approximate surface area is 113 Å². The monoisotopic (exact) mass is 265 g/mol. The van der Waals surface area contributed by atoms with Crippen molar-refractivity contribution in [2.45, 2.75) is 36.7 Å². The van der Waals surface area contributed by atoms with Crippen LogP contribution in [-0.4, -0.2) is 34.6 Å². The van der Waals surface area contributed by atoms with E-state index in [2.05, 4.69) is 12.6 Å². The van der Waals surface area contributed by atoms with Gasteiger partial charge in [0, 0.05) is 18.0 Å². The molecule has 98 valence electrons. The topological polar surface area (TPSA) is 40.5 Å². The van der Waals surface area contributed by atoms with E-state index < -0.39 is 5.60 Å². The third-order valence-corrected chi connectivity index (χ3v) is 3.62. The molecule has 1 amide bonds. The molecule has 0 aliphatic carbocycles. The second-order valence-corrected chi connectivity index (χ2v) is 5.78. The Morgan fingerprint density at radius 1 is 1.44 bits per heavy atom. The third-order valence-electron chi connectivity index (χ3n) is 3.32. The number of hydrogen-bond acceptors (Lipinski definition) is 3. The summed E-state index contributed by atoms with van der Waals surface area (Å²) in [5.74, 6) is 0.0851. The lowest BCUT2D eigenvalue weighted by Gasteiger charge is -2.36. The van der Waals surface area contributed by atoms with Gasteiger partial charge >= 0.3 is 0 Å². The number of amides is 1. The molecule has 1 atom stereocenters. The fourth-order valence-corrected chi connectivity index (χ4v) is 2.48. The molecule has 1 aliphatic heterocycles. The van der Waals surface area contributed by atoms with Crippen molar-refractivity contribution in [2.24, 2.45) is 0 Å². The van der Waals surface area contributed by atoms with E-state index >= 15 is 0 Å². The number of piperidine rings is 1. The van der Waals surface area contributed by atoms with E-state index in [-0.39, 0.29) is 5.91 Å². The molecule has 1 aromatic carbocycles. The van der Waals surface area contributed by atoms with Crippen LogP contribution in [0.5, 0.6) is 0 Å². The van der Waals surface area contributed by atoms with E-state index in [9.17, 15) is 9.90 Å². The molecule has 1 heterocycles. The Morgan fingerprint density at radius 2 is 2.11 bits per heavy atom. The van der Waals surface area contributed by atoms with E-state index in [1.54, 1.807) is 11.8 Å². The number of carbonyl (C=O) groups excluding carboxylic acids is 1. The van der Waals surface area contributed by atoms with E-state index in [0.717, 1.165) is 29.8 Å². The summed E-state index contributed by atoms with van der Waals surface area (Å²) in [7, 11) is 0. The van der Waals surface area contributed by atoms with Crippen LogP contribution in [0.25, 0.3) is 0 Å². The van der Waals surface area contributed by atoms with Crippen LogP contribution in [0.15, 0.2) is 29.2 Å². The van der Waals surface area contributed by atoms with Gasteiger partial charge in [0.25, 0.3) is 0 Å². The molecule has 0 radical (unpaired) electrons. The molecule has 2 rings (SSSR count). The van der Waals surface area contributed by atoms with E-state index in [1.165, 1.54) is 0 Å². The van der Waals surface area contributed by atoms with Crippen LogP contribution < -0.4 is 0 Å². The Balaban J connectivity index is 1.97. The minimum atomic E-state index is -0.733. The first kappa shape index (κ1) is 13.4. The van der Waals surface area contributed by atoms with E-state index in [4.69, 9.17) is 0 Å². The van der Waals surface area contributed by atoms with Gasteiger partial charge in [-0.3, -0.25) is 4.79 Å². The molecule has 3 nitrogen and oxygen atoms in total. The van der Waals surface area contributed by atoms with Crippen molar-refractivity contribution in [3.63, 3.8) is 0 Å². The SMILES string of the molecule is CC1(O)CCCN(C(=O)Cc2ccc(S)cc2)C1. The van der Waals surface area contributed by atoms with Crippen LogP contribution in [0.4, 0.5) is 0 Å². The second-order valence-electron chi connectivity index (χ2n) is 5.26. The number of thiol groups is 1. The summed E-state index contributed by atoms with van der Waals surface area (Å²) < 4.78 is 0. The normalized spacial score (nSPS) is 24.1. The lowest BCUT2D eigenvalue weighted by molar-refractivity contribution is -0.136. The molecular formula is C14H19NO2S. The van der Waals surface area contributed by atoms with Crippen molar-refractivity contribution < 1.29 is 9.90 Å². The standard InChI is InChI=1S/C14H19NO2S/c1-14(17)7-2-8-15(10-14)13(16)9-11-3-5-12(18)6-4-11/h3-6,17-18H,2,7-10H2,1H3. The maximum Gasteiger partial charge on any atom is 0.227 e. The molecule has 4 heteroatoms. The van der Waals surface area contributed by atoms with Crippen molar-refractivity contribution in [3.05, 3.63) is 29.8 Å². The van der Waals surface area contributed by atoms with Gasteiger partial charge in [0.2, 0.25) is 5.91 Å². The highest BCUT2D eigenvalue weighted by molar-refractivity contribution is 7.80. The van der Waals surface area contributed by atoms with Gasteiger partial charge < -0.3 is 10.0 Å². The molecule has 1 N–H and O–H groups in total. The van der Waals surface area contributed by atoms with Crippen LogP contribution in [0.3, 0.4) is 0 Å². The third kappa shape index (κ3) is 3.50. The fraction of sp³-hybridized carbons (Fsp3) is 0.500. The maximum atomic E-state index is 12.1. The van der Waals surface area contributed by atoms with Gasteiger partial charge in [-0.2, -0.15) is 0 Å². The number of nitrogens with zero attached hydrogens (tertiary/aromatic N) is 1. The quantitative estimate of drug-likeness (QED) is 0.802. The first-order valence-electron chi connectivity index (χ1n) is 6.24. The van der Waals surface area contributed by atoms with Crippen LogP contribution in [0, 0.1) is 0 Å². The van der Waals surface area contributed by atoms with Gasteiger partial charge in [-0.15, -0.1) is 12.6 Å². The highest BCUT2D eigenvalue weighted by atomic mass is 32.1. The predicted octanol–water partition coefficient (Wildman–Crippen LogP) is 1.89. The van der Waals surface area contributed by atoms with E-state index in [1.807, 2.05) is 24.3 Å². The highest BCUT2D eigenvalue weighted by Gasteiger charge is 2.30. The molecule has 1 aromatic rings. The Kier molecular flexibility index (Phi) is 3.97. The summed E-state index contributed by atoms with van der Waals surface area (Å²) in [6, 6.07) is 7.61. The van der Waals surface area contributed by atoms with Gasteiger partial charge in [-0.05, 0) is 37.5 Å². The number of hydrogen-bond donors (Lipinski definition) is 2. The molecule has 0 bridgehead atoms. The average Bonchev–Trinajstić information content (AvgIpc) is 2.31. The summed E-state index contributed by atoms with van der Waals surface area (Å²) in [6.45, 7) is 2.98. The molecule has 0 spiro atoms. The van der Waals surface area contributed by atoms with Crippen LogP contribution in [-0.2, 0) is 11.2 Å². The van der Waals surface area contributed by atoms with Gasteiger partial charge in [-0.1, -0.05) is 12.1 Å². The summed E-state index contributed by atoms with van der Waals surface area (Å²) in [4.78, 5) is 14.8. The average molecular weight is 265 g/mol. The smallest absolute Gasteiger partial charge is 0.227 e. The molecule has 1 fully saturated rings. The molecule has 1 aliphatic rings. The van der Waals surface area contributed by atoms with Gasteiger partial charge in [0.05, 0.1) is 12.0 Å². The second kappa shape index (κ2) is 5.33. The zero-order chi connectivity index (χ0) is 13.2. The highest BCUT2D eigenvalue weighted by Crippen LogP contribution is 2.21. The van der Waals surface area contributed by atoms with Crippen molar-refractivity contribution in [2.75, 3.05) is 13.1 Å². The summed E-state index contributed by atoms with van der Waals surface area (Å²) in [6.07, 6.45) is 2.03. The molecule has 1 unspecified atom stereocenters. The van der Waals surface area contributed by atoms with Gasteiger partial charge in [0.1, 0.15) is 0 Å². The van der Waals surface area contributed by atoms with Crippen molar-refractivity contribution in [1.29, 1.82) is 0 Å². The van der Waals surface area contributed by atoms with Crippen molar-refractivity contribution in [1.82, 2.24) is 4.90 Å². The number of β-amino-alcohol motifs (C(OH)–C–C–N with tert-alkyl or cyclic N) is 1. The van der Waals surface area contributed by atoms with Crippen molar-refractivity contribution >= 4 is 18.5 Å². The molecular weight excluding hydrogens is 246 g/mol. The largest absolute Gasteiger partial charge is 0.388 e. The number of rotatable bonds is 2. The molecule has 0 saturated carbocycles. The first-order valence-corrected chi connectivity index (χ1v) is 6.69. The lowest BCUT2D eigenvalue weighted by atomic mass is 9.95. The predicted molar refractivity (Wildman–Crippen MR) is 73.8 cm³/mol. The van der Waals surface area contributed by atoms with Crippen LogP contribution in [0.2, 0.25) is 0 Å². The number of aliphatic hydroxyl groups is 1. The summed E-state index contributed by atoms with van der Waals surface area (Å²) >= 11 is 4.22. The lowest BCUT2D eigenvalue weighted by Crippen LogP contribution is -2.49. The zero-order valence-electron chi connectivity index (χ0n) is 10.6. The minimum absolute atomic E-state index is 0.0851. The Hall–Kier alpha value is -1.00. The first-order chi connectivity index (χ1) is 8.46. The number of benzene rings is 1. The van der Waals surface area contributed by atoms with Crippen LogP contribution in [0.1, 0.15) is 25.3 Å². The molecule has 1 saturated heterocycles. The zero-order valence-corrected chi connectivity index (χ0v) is 11.5. The van der Waals surface area contributed by atoms with E-state index in [0.29, 0.717) is 13.0 Å². The maximum absolute atomic E-state index is 12.1. The number of likely N-dealkylation sites (tertiary alicyclic amines) is 1. The number of carbonyl (C=O) groups is 1. The van der Waals surface area contributed by atoms with Crippen LogP contribution >= 0.6 is 12.6 Å². The Bertz CT molecular complexity index is 428. The minimum Gasteiger partial charge on any atom is -0.388 e. The summed E-state index contributed by atoms with van der Waals surface area (Å²) in [5.41, 5.74) is 0.256. The molecule has 0 aromatic heterocycles. The Morgan fingerprint density at radius 3 is 2.72 bits per heavy atom. The van der Waals surface area contributed by atoms with Gasteiger partial charge in [0.15, 0.2) is 0 Å². The molecule has 18 heavy (non-hydrogen) atoms.